The Morgan fingerprint density at radius 3 is 1.30 bits per heavy atom. The van der Waals surface area contributed by atoms with Crippen LogP contribution in [0.15, 0.2) is 0 Å². The van der Waals surface area contributed by atoms with Crippen molar-refractivity contribution in [2.75, 3.05) is 0 Å². The average molecular weight is 286 g/mol. The lowest BCUT2D eigenvalue weighted by Gasteiger charge is -2.24. The highest BCUT2D eigenvalue weighted by Gasteiger charge is 2.53. The molecule has 0 radical (unpaired) electrons. The molecule has 2 atom stereocenters. The van der Waals surface area contributed by atoms with Gasteiger partial charge in [0.25, 0.3) is 0 Å². The topological polar surface area (TPSA) is 110 Å². The lowest BCUT2D eigenvalue weighted by atomic mass is 10.4. The number of esters is 2. The maximum absolute atomic E-state index is 12.0. The Kier molecular flexibility index (Phi) is 4.43. The van der Waals surface area contributed by atoms with Gasteiger partial charge in [0.2, 0.25) is 24.3 Å². The molecule has 0 aromatic carbocycles. The molecule has 0 spiro atoms. The van der Waals surface area contributed by atoms with Gasteiger partial charge in [0.15, 0.2) is 0 Å². The standard InChI is InChI=1S/C11H14N2O7/c1-5(14)12-9(19-7(3)16)10(20-8(4)17)13(6(2)15)11(12)18/h9-10H,1-4H3/t9-,10-/m0/s1. The summed E-state index contributed by atoms with van der Waals surface area (Å²) in [5, 5.41) is 0. The van der Waals surface area contributed by atoms with E-state index in [0.29, 0.717) is 9.80 Å². The molecule has 0 aliphatic carbocycles. The van der Waals surface area contributed by atoms with Crippen molar-refractivity contribution in [2.24, 2.45) is 0 Å². The minimum Gasteiger partial charge on any atom is -0.435 e. The van der Waals surface area contributed by atoms with E-state index in [0.717, 1.165) is 27.7 Å². The summed E-state index contributed by atoms with van der Waals surface area (Å²) in [6, 6.07) is -1.01. The molecular weight excluding hydrogens is 272 g/mol. The number of nitrogens with zero attached hydrogens (tertiary/aromatic N) is 2. The predicted octanol–water partition coefficient (Wildman–Crippen LogP) is -0.405. The van der Waals surface area contributed by atoms with E-state index in [9.17, 15) is 24.0 Å². The molecule has 1 heterocycles. The zero-order chi connectivity index (χ0) is 15.6. The molecule has 4 amide bonds. The van der Waals surface area contributed by atoms with Gasteiger partial charge >= 0.3 is 18.0 Å². The molecule has 0 aromatic rings. The molecule has 1 fully saturated rings. The van der Waals surface area contributed by atoms with E-state index >= 15 is 0 Å². The molecule has 1 rings (SSSR count). The first-order chi connectivity index (χ1) is 9.16. The number of imide groups is 2. The Hall–Kier alpha value is -2.45. The zero-order valence-corrected chi connectivity index (χ0v) is 11.4. The quantitative estimate of drug-likeness (QED) is 0.635. The summed E-state index contributed by atoms with van der Waals surface area (Å²) in [7, 11) is 0. The van der Waals surface area contributed by atoms with E-state index in [1.54, 1.807) is 0 Å². The second-order valence-electron chi connectivity index (χ2n) is 4.06. The van der Waals surface area contributed by atoms with Crippen molar-refractivity contribution in [1.29, 1.82) is 0 Å². The minimum atomic E-state index is -1.50. The van der Waals surface area contributed by atoms with Crippen LogP contribution < -0.4 is 0 Å². The first-order valence-corrected chi connectivity index (χ1v) is 5.64. The molecule has 1 saturated heterocycles. The summed E-state index contributed by atoms with van der Waals surface area (Å²) in [5.41, 5.74) is 0. The molecule has 0 unspecified atom stereocenters. The third-order valence-corrected chi connectivity index (χ3v) is 2.42. The van der Waals surface area contributed by atoms with E-state index < -0.39 is 42.2 Å². The van der Waals surface area contributed by atoms with Crippen molar-refractivity contribution in [3.8, 4) is 0 Å². The summed E-state index contributed by atoms with van der Waals surface area (Å²) in [5.74, 6) is -3.09. The summed E-state index contributed by atoms with van der Waals surface area (Å²) in [4.78, 5) is 58.2. The maximum Gasteiger partial charge on any atom is 0.339 e. The Morgan fingerprint density at radius 1 is 0.800 bits per heavy atom. The van der Waals surface area contributed by atoms with Gasteiger partial charge in [-0.2, -0.15) is 0 Å². The van der Waals surface area contributed by atoms with Crippen LogP contribution in [0.1, 0.15) is 27.7 Å². The van der Waals surface area contributed by atoms with Gasteiger partial charge in [0.1, 0.15) is 0 Å². The normalized spacial score (nSPS) is 21.7. The van der Waals surface area contributed by atoms with Crippen LogP contribution in [-0.2, 0) is 28.7 Å². The molecule has 0 saturated carbocycles. The van der Waals surface area contributed by atoms with Crippen LogP contribution in [0.25, 0.3) is 0 Å². The van der Waals surface area contributed by atoms with Gasteiger partial charge in [-0.3, -0.25) is 19.2 Å². The lowest BCUT2D eigenvalue weighted by molar-refractivity contribution is -0.183. The number of carbonyl (C=O) groups is 5. The van der Waals surface area contributed by atoms with E-state index in [4.69, 9.17) is 9.47 Å². The maximum atomic E-state index is 12.0. The molecule has 0 N–H and O–H groups in total. The van der Waals surface area contributed by atoms with E-state index in [1.165, 1.54) is 0 Å². The summed E-state index contributed by atoms with van der Waals surface area (Å²) < 4.78 is 9.65. The SMILES string of the molecule is CC(=O)O[C@H]1[C@H](OC(C)=O)N(C(C)=O)C(=O)N1C(C)=O. The van der Waals surface area contributed by atoms with E-state index in [-0.39, 0.29) is 0 Å². The van der Waals surface area contributed by atoms with Gasteiger partial charge in [0, 0.05) is 27.7 Å². The predicted molar refractivity (Wildman–Crippen MR) is 61.5 cm³/mol. The molecular formula is C11H14N2O7. The fourth-order valence-corrected chi connectivity index (χ4v) is 1.78. The fraction of sp³-hybridized carbons (Fsp3) is 0.545. The number of amides is 4. The second kappa shape index (κ2) is 5.68. The fourth-order valence-electron chi connectivity index (χ4n) is 1.78. The zero-order valence-electron chi connectivity index (χ0n) is 11.4. The first-order valence-electron chi connectivity index (χ1n) is 5.64. The van der Waals surface area contributed by atoms with Crippen molar-refractivity contribution in [1.82, 2.24) is 9.80 Å². The number of ether oxygens (including phenoxy) is 2. The van der Waals surface area contributed by atoms with E-state index in [1.807, 2.05) is 0 Å². The van der Waals surface area contributed by atoms with Crippen LogP contribution in [0.4, 0.5) is 4.79 Å². The molecule has 1 aliphatic rings. The van der Waals surface area contributed by atoms with Crippen LogP contribution in [0.5, 0.6) is 0 Å². The third kappa shape index (κ3) is 2.92. The summed E-state index contributed by atoms with van der Waals surface area (Å²) in [6.07, 6.45) is -2.99. The van der Waals surface area contributed by atoms with Crippen LogP contribution in [0, 0.1) is 0 Å². The number of urea groups is 1. The highest BCUT2D eigenvalue weighted by atomic mass is 16.6. The molecule has 110 valence electrons. The smallest absolute Gasteiger partial charge is 0.339 e. The number of hydrogen-bond donors (Lipinski definition) is 0. The molecule has 9 nitrogen and oxygen atoms in total. The van der Waals surface area contributed by atoms with Crippen molar-refractivity contribution in [3.05, 3.63) is 0 Å². The third-order valence-electron chi connectivity index (χ3n) is 2.42. The highest BCUT2D eigenvalue weighted by Crippen LogP contribution is 2.26. The first kappa shape index (κ1) is 15.6. The van der Waals surface area contributed by atoms with Gasteiger partial charge in [0.05, 0.1) is 0 Å². The second-order valence-corrected chi connectivity index (χ2v) is 4.06. The van der Waals surface area contributed by atoms with Gasteiger partial charge < -0.3 is 9.47 Å². The van der Waals surface area contributed by atoms with Crippen molar-refractivity contribution >= 4 is 29.8 Å². The van der Waals surface area contributed by atoms with Crippen molar-refractivity contribution in [2.45, 2.75) is 40.2 Å². The number of hydrogen-bond acceptors (Lipinski definition) is 7. The Morgan fingerprint density at radius 2 is 1.10 bits per heavy atom. The van der Waals surface area contributed by atoms with Crippen LogP contribution in [-0.4, -0.2) is 52.0 Å². The van der Waals surface area contributed by atoms with Crippen LogP contribution in [0.3, 0.4) is 0 Å². The van der Waals surface area contributed by atoms with E-state index in [2.05, 4.69) is 0 Å². The average Bonchev–Trinajstić information content (AvgIpc) is 2.49. The van der Waals surface area contributed by atoms with Crippen molar-refractivity contribution in [3.63, 3.8) is 0 Å². The molecule has 20 heavy (non-hydrogen) atoms. The van der Waals surface area contributed by atoms with Gasteiger partial charge in [-0.05, 0) is 0 Å². The molecule has 1 aliphatic heterocycles. The Bertz CT molecular complexity index is 445. The Balaban J connectivity index is 3.24. The summed E-state index contributed by atoms with van der Waals surface area (Å²) >= 11 is 0. The largest absolute Gasteiger partial charge is 0.435 e. The van der Waals surface area contributed by atoms with Gasteiger partial charge in [-0.25, -0.2) is 14.6 Å². The number of carbonyl (C=O) groups excluding carboxylic acids is 5. The molecule has 0 bridgehead atoms. The van der Waals surface area contributed by atoms with Crippen molar-refractivity contribution < 1.29 is 33.4 Å². The lowest BCUT2D eigenvalue weighted by Crippen LogP contribution is -2.45. The summed E-state index contributed by atoms with van der Waals surface area (Å²) in [6.45, 7) is 4.24. The highest BCUT2D eigenvalue weighted by molar-refractivity contribution is 6.03. The van der Waals surface area contributed by atoms with Gasteiger partial charge in [-0.1, -0.05) is 0 Å². The van der Waals surface area contributed by atoms with Gasteiger partial charge in [-0.15, -0.1) is 0 Å². The molecule has 9 heteroatoms. The Labute approximate surface area is 114 Å². The van der Waals surface area contributed by atoms with Crippen LogP contribution >= 0.6 is 0 Å². The van der Waals surface area contributed by atoms with Crippen LogP contribution in [0.2, 0.25) is 0 Å². The minimum absolute atomic E-state index is 0.552. The number of rotatable bonds is 2. The monoisotopic (exact) mass is 286 g/mol. The molecule has 0 aromatic heterocycles.